The lowest BCUT2D eigenvalue weighted by atomic mass is 10.1. The van der Waals surface area contributed by atoms with Crippen molar-refractivity contribution in [2.24, 2.45) is 0 Å². The topological polar surface area (TPSA) is 110 Å². The third-order valence-corrected chi connectivity index (χ3v) is 5.57. The molecular weight excluding hydrogens is 394 g/mol. The van der Waals surface area contributed by atoms with E-state index in [9.17, 15) is 23.3 Å². The standard InChI is InChI=1S/C20H25N3O5S/c1-15-6-9-17(10-7-15)5-4-12-21-20(24)14-22(29(3,27)28)19-13-18(23(25)26)11-8-16(19)2/h6-11,13H,4-5,12,14H2,1-3H3,(H,21,24). The first-order valence-corrected chi connectivity index (χ1v) is 11.0. The Kier molecular flexibility index (Phi) is 7.33. The van der Waals surface area contributed by atoms with Crippen LogP contribution in [0.1, 0.15) is 23.1 Å². The highest BCUT2D eigenvalue weighted by Crippen LogP contribution is 2.27. The third kappa shape index (κ3) is 6.56. The number of hydrogen-bond donors (Lipinski definition) is 1. The Morgan fingerprint density at radius 1 is 1.14 bits per heavy atom. The number of carbonyl (C=O) groups is 1. The smallest absolute Gasteiger partial charge is 0.271 e. The third-order valence-electron chi connectivity index (χ3n) is 4.44. The number of sulfonamides is 1. The number of benzene rings is 2. The van der Waals surface area contributed by atoms with Crippen molar-refractivity contribution in [2.75, 3.05) is 23.7 Å². The van der Waals surface area contributed by atoms with Crippen LogP contribution in [0.25, 0.3) is 0 Å². The molecule has 29 heavy (non-hydrogen) atoms. The Bertz CT molecular complexity index is 988. The summed E-state index contributed by atoms with van der Waals surface area (Å²) in [5, 5.41) is 13.7. The lowest BCUT2D eigenvalue weighted by molar-refractivity contribution is -0.384. The van der Waals surface area contributed by atoms with E-state index in [0.29, 0.717) is 18.5 Å². The quantitative estimate of drug-likeness (QED) is 0.382. The summed E-state index contributed by atoms with van der Waals surface area (Å²) in [6.07, 6.45) is 2.47. The Balaban J connectivity index is 2.01. The maximum Gasteiger partial charge on any atom is 0.271 e. The monoisotopic (exact) mass is 419 g/mol. The molecule has 2 aromatic carbocycles. The van der Waals surface area contributed by atoms with Gasteiger partial charge in [0.25, 0.3) is 5.69 Å². The number of carbonyl (C=O) groups excluding carboxylic acids is 1. The Morgan fingerprint density at radius 2 is 1.79 bits per heavy atom. The SMILES string of the molecule is Cc1ccc(CCCNC(=O)CN(c2cc([N+](=O)[O-])ccc2C)S(C)(=O)=O)cc1. The average Bonchev–Trinajstić information content (AvgIpc) is 2.64. The molecule has 156 valence electrons. The first-order chi connectivity index (χ1) is 13.6. The first kappa shape index (κ1) is 22.4. The van der Waals surface area contributed by atoms with E-state index in [1.54, 1.807) is 6.92 Å². The predicted molar refractivity (Wildman–Crippen MR) is 113 cm³/mol. The van der Waals surface area contributed by atoms with Crippen LogP contribution in [0, 0.1) is 24.0 Å². The zero-order valence-corrected chi connectivity index (χ0v) is 17.5. The Hall–Kier alpha value is -2.94. The van der Waals surface area contributed by atoms with Gasteiger partial charge in [-0.2, -0.15) is 0 Å². The number of rotatable bonds is 9. The molecule has 0 radical (unpaired) electrons. The van der Waals surface area contributed by atoms with Crippen molar-refractivity contribution in [3.63, 3.8) is 0 Å². The molecule has 8 nitrogen and oxygen atoms in total. The molecule has 0 saturated carbocycles. The molecule has 2 aromatic rings. The van der Waals surface area contributed by atoms with Crippen LogP contribution in [0.5, 0.6) is 0 Å². The number of aryl methyl sites for hydroxylation is 3. The van der Waals surface area contributed by atoms with Gasteiger partial charge in [-0.3, -0.25) is 19.2 Å². The van der Waals surface area contributed by atoms with E-state index in [1.165, 1.54) is 23.8 Å². The summed E-state index contributed by atoms with van der Waals surface area (Å²) in [7, 11) is -3.81. The van der Waals surface area contributed by atoms with Crippen LogP contribution in [0.3, 0.4) is 0 Å². The number of amides is 1. The zero-order valence-electron chi connectivity index (χ0n) is 16.7. The van der Waals surface area contributed by atoms with Gasteiger partial charge in [-0.15, -0.1) is 0 Å². The van der Waals surface area contributed by atoms with Crippen LogP contribution in [0.2, 0.25) is 0 Å². The van der Waals surface area contributed by atoms with Crippen LogP contribution >= 0.6 is 0 Å². The molecule has 1 N–H and O–H groups in total. The molecule has 0 fully saturated rings. The number of hydrogen-bond acceptors (Lipinski definition) is 5. The van der Waals surface area contributed by atoms with Crippen LogP contribution in [0.4, 0.5) is 11.4 Å². The van der Waals surface area contributed by atoms with Crippen molar-refractivity contribution in [3.8, 4) is 0 Å². The second-order valence-corrected chi connectivity index (χ2v) is 8.84. The molecule has 1 amide bonds. The van der Waals surface area contributed by atoms with Gasteiger partial charge in [0.1, 0.15) is 6.54 Å². The highest BCUT2D eigenvalue weighted by atomic mass is 32.2. The fourth-order valence-corrected chi connectivity index (χ4v) is 3.73. The van der Waals surface area contributed by atoms with Gasteiger partial charge in [0.2, 0.25) is 15.9 Å². The number of nitro groups is 1. The Morgan fingerprint density at radius 3 is 2.38 bits per heavy atom. The second-order valence-electron chi connectivity index (χ2n) is 6.94. The van der Waals surface area contributed by atoms with Crippen molar-refractivity contribution in [2.45, 2.75) is 26.7 Å². The van der Waals surface area contributed by atoms with Crippen molar-refractivity contribution < 1.29 is 18.1 Å². The van der Waals surface area contributed by atoms with E-state index < -0.39 is 27.4 Å². The van der Waals surface area contributed by atoms with Gasteiger partial charge in [0, 0.05) is 18.7 Å². The molecule has 0 heterocycles. The lowest BCUT2D eigenvalue weighted by Crippen LogP contribution is -2.41. The highest BCUT2D eigenvalue weighted by Gasteiger charge is 2.24. The number of nitrogens with zero attached hydrogens (tertiary/aromatic N) is 2. The van der Waals surface area contributed by atoms with E-state index in [1.807, 2.05) is 31.2 Å². The zero-order chi connectivity index (χ0) is 21.6. The van der Waals surface area contributed by atoms with Crippen LogP contribution < -0.4 is 9.62 Å². The van der Waals surface area contributed by atoms with Gasteiger partial charge in [0.15, 0.2) is 0 Å². The van der Waals surface area contributed by atoms with E-state index in [4.69, 9.17) is 0 Å². The van der Waals surface area contributed by atoms with Crippen LogP contribution in [0.15, 0.2) is 42.5 Å². The highest BCUT2D eigenvalue weighted by molar-refractivity contribution is 7.92. The van der Waals surface area contributed by atoms with Crippen LogP contribution in [-0.2, 0) is 21.2 Å². The van der Waals surface area contributed by atoms with Gasteiger partial charge in [-0.25, -0.2) is 8.42 Å². The normalized spacial score (nSPS) is 11.1. The number of nitrogens with one attached hydrogen (secondary N) is 1. The first-order valence-electron chi connectivity index (χ1n) is 9.13. The molecule has 0 unspecified atom stereocenters. The minimum Gasteiger partial charge on any atom is -0.355 e. The van der Waals surface area contributed by atoms with Crippen LogP contribution in [-0.4, -0.2) is 38.6 Å². The second kappa shape index (κ2) is 9.51. The van der Waals surface area contributed by atoms with E-state index in [2.05, 4.69) is 5.32 Å². The summed E-state index contributed by atoms with van der Waals surface area (Å²) in [6.45, 7) is 3.61. The summed E-state index contributed by atoms with van der Waals surface area (Å²) in [5.41, 5.74) is 2.75. The molecule has 0 aliphatic rings. The number of non-ortho nitro benzene ring substituents is 1. The molecule has 0 saturated heterocycles. The molecule has 2 rings (SSSR count). The molecule has 0 aliphatic carbocycles. The maximum absolute atomic E-state index is 12.3. The number of anilines is 1. The molecular formula is C20H25N3O5S. The van der Waals surface area contributed by atoms with Gasteiger partial charge in [0.05, 0.1) is 16.9 Å². The van der Waals surface area contributed by atoms with Gasteiger partial charge in [-0.1, -0.05) is 35.9 Å². The van der Waals surface area contributed by atoms with Crippen molar-refractivity contribution in [3.05, 3.63) is 69.3 Å². The summed E-state index contributed by atoms with van der Waals surface area (Å²) in [4.78, 5) is 22.7. The molecule has 9 heteroatoms. The van der Waals surface area contributed by atoms with E-state index >= 15 is 0 Å². The minimum atomic E-state index is -3.81. The fraction of sp³-hybridized carbons (Fsp3) is 0.350. The summed E-state index contributed by atoms with van der Waals surface area (Å²) in [6, 6.07) is 12.1. The summed E-state index contributed by atoms with van der Waals surface area (Å²) < 4.78 is 25.3. The molecule has 0 atom stereocenters. The summed E-state index contributed by atoms with van der Waals surface area (Å²) in [5.74, 6) is -0.467. The lowest BCUT2D eigenvalue weighted by Gasteiger charge is -2.23. The fourth-order valence-electron chi connectivity index (χ4n) is 2.82. The van der Waals surface area contributed by atoms with Gasteiger partial charge in [-0.05, 0) is 37.8 Å². The molecule has 0 spiro atoms. The average molecular weight is 420 g/mol. The van der Waals surface area contributed by atoms with E-state index in [0.717, 1.165) is 22.5 Å². The molecule has 0 bridgehead atoms. The van der Waals surface area contributed by atoms with Gasteiger partial charge < -0.3 is 5.32 Å². The van der Waals surface area contributed by atoms with Crippen molar-refractivity contribution in [1.29, 1.82) is 0 Å². The van der Waals surface area contributed by atoms with E-state index in [-0.39, 0.29) is 11.4 Å². The molecule has 0 aliphatic heterocycles. The number of nitro benzene ring substituents is 1. The summed E-state index contributed by atoms with van der Waals surface area (Å²) >= 11 is 0. The van der Waals surface area contributed by atoms with Crippen molar-refractivity contribution in [1.82, 2.24) is 5.32 Å². The largest absolute Gasteiger partial charge is 0.355 e. The minimum absolute atomic E-state index is 0.122. The predicted octanol–water partition coefficient (Wildman–Crippen LogP) is 2.73. The molecule has 0 aromatic heterocycles. The van der Waals surface area contributed by atoms with Gasteiger partial charge >= 0.3 is 0 Å². The maximum atomic E-state index is 12.3. The Labute approximate surface area is 170 Å². The van der Waals surface area contributed by atoms with Crippen molar-refractivity contribution >= 4 is 27.3 Å².